The van der Waals surface area contributed by atoms with E-state index in [0.717, 1.165) is 12.2 Å². The van der Waals surface area contributed by atoms with Crippen LogP contribution in [0.4, 0.5) is 8.78 Å². The smallest absolute Gasteiger partial charge is 0.251 e. The van der Waals surface area contributed by atoms with Gasteiger partial charge in [-0.15, -0.1) is 0 Å². The minimum Gasteiger partial charge on any atom is -0.352 e. The largest absolute Gasteiger partial charge is 0.352 e. The highest BCUT2D eigenvalue weighted by Gasteiger charge is 2.19. The number of fused-ring (bicyclic) bond motifs is 1. The number of aryl methyl sites for hydroxylation is 1. The molecular weight excluding hydrogens is 486 g/mol. The molecule has 2 N–H and O–H groups in total. The molecule has 2 aromatic carbocycles. The van der Waals surface area contributed by atoms with Gasteiger partial charge in [0.15, 0.2) is 0 Å². The standard InChI is InChI=1S/C26H19ClF2N6O/c27-17-13-19(25(29)33-14-17)24-23(15-3-6-18(28)7-4-15)34-20-8-5-16(12-21(20)35-24)26(36)32-9-1-2-22-30-10-11-31-22/h3-8,10-14H,1-2,9H2,(H,30,31)(H,32,36). The Labute approximate surface area is 209 Å². The first kappa shape index (κ1) is 23.5. The highest BCUT2D eigenvalue weighted by molar-refractivity contribution is 6.30. The summed E-state index contributed by atoms with van der Waals surface area (Å²) in [7, 11) is 0. The van der Waals surface area contributed by atoms with Crippen molar-refractivity contribution < 1.29 is 13.6 Å². The van der Waals surface area contributed by atoms with Crippen molar-refractivity contribution in [2.75, 3.05) is 6.54 Å². The highest BCUT2D eigenvalue weighted by atomic mass is 35.5. The summed E-state index contributed by atoms with van der Waals surface area (Å²) in [5.74, 6) is -0.596. The number of H-pyrrole nitrogens is 1. The van der Waals surface area contributed by atoms with E-state index in [1.54, 1.807) is 30.6 Å². The van der Waals surface area contributed by atoms with Crippen molar-refractivity contribution in [1.82, 2.24) is 30.2 Å². The zero-order valence-corrected chi connectivity index (χ0v) is 19.6. The quantitative estimate of drug-likeness (QED) is 0.229. The van der Waals surface area contributed by atoms with Gasteiger partial charge in [-0.25, -0.2) is 24.3 Å². The van der Waals surface area contributed by atoms with Gasteiger partial charge in [0.25, 0.3) is 5.91 Å². The zero-order valence-electron chi connectivity index (χ0n) is 18.8. The second kappa shape index (κ2) is 10.2. The summed E-state index contributed by atoms with van der Waals surface area (Å²) < 4.78 is 28.3. The molecule has 0 atom stereocenters. The molecule has 5 rings (SSSR count). The molecule has 0 spiro atoms. The highest BCUT2D eigenvalue weighted by Crippen LogP contribution is 2.33. The minimum atomic E-state index is -0.776. The maximum Gasteiger partial charge on any atom is 0.251 e. The van der Waals surface area contributed by atoms with Crippen LogP contribution in [0.25, 0.3) is 33.5 Å². The lowest BCUT2D eigenvalue weighted by Crippen LogP contribution is -2.24. The topological polar surface area (TPSA) is 96.5 Å². The summed E-state index contributed by atoms with van der Waals surface area (Å²) in [5, 5.41) is 3.10. The third-order valence-electron chi connectivity index (χ3n) is 5.54. The average Bonchev–Trinajstić information content (AvgIpc) is 3.41. The number of nitrogens with zero attached hydrogens (tertiary/aromatic N) is 4. The summed E-state index contributed by atoms with van der Waals surface area (Å²) in [4.78, 5) is 32.9. The Hall–Kier alpha value is -4.24. The lowest BCUT2D eigenvalue weighted by atomic mass is 10.0. The fraction of sp³-hybridized carbons (Fsp3) is 0.115. The van der Waals surface area contributed by atoms with Gasteiger partial charge in [0.05, 0.1) is 27.3 Å². The number of aromatic nitrogens is 5. The van der Waals surface area contributed by atoms with Crippen LogP contribution in [0, 0.1) is 11.8 Å². The van der Waals surface area contributed by atoms with Crippen molar-refractivity contribution in [2.45, 2.75) is 12.8 Å². The van der Waals surface area contributed by atoms with E-state index in [0.29, 0.717) is 40.8 Å². The molecule has 0 bridgehead atoms. The number of carbonyl (C=O) groups is 1. The molecule has 36 heavy (non-hydrogen) atoms. The zero-order chi connectivity index (χ0) is 25.1. The number of aromatic amines is 1. The van der Waals surface area contributed by atoms with E-state index in [4.69, 9.17) is 11.6 Å². The summed E-state index contributed by atoms with van der Waals surface area (Å²) >= 11 is 6.08. The number of carbonyl (C=O) groups excluding carboxylic acids is 1. The lowest BCUT2D eigenvalue weighted by Gasteiger charge is -2.12. The van der Waals surface area contributed by atoms with E-state index in [1.165, 1.54) is 36.5 Å². The number of amides is 1. The summed E-state index contributed by atoms with van der Waals surface area (Å²) in [6, 6.07) is 12.0. The molecule has 5 aromatic rings. The fourth-order valence-electron chi connectivity index (χ4n) is 3.78. The average molecular weight is 505 g/mol. The van der Waals surface area contributed by atoms with Gasteiger partial charge < -0.3 is 10.3 Å². The monoisotopic (exact) mass is 504 g/mol. The van der Waals surface area contributed by atoms with Gasteiger partial charge in [-0.1, -0.05) is 11.6 Å². The van der Waals surface area contributed by atoms with E-state index < -0.39 is 11.8 Å². The molecule has 0 saturated heterocycles. The molecule has 3 heterocycles. The first-order chi connectivity index (χ1) is 17.5. The number of rotatable bonds is 7. The Morgan fingerprint density at radius 3 is 2.56 bits per heavy atom. The van der Waals surface area contributed by atoms with Gasteiger partial charge in [-0.3, -0.25) is 4.79 Å². The van der Waals surface area contributed by atoms with Crippen LogP contribution in [0.15, 0.2) is 67.1 Å². The normalized spacial score (nSPS) is 11.1. The Morgan fingerprint density at radius 1 is 0.972 bits per heavy atom. The third kappa shape index (κ3) is 5.06. The molecule has 0 aliphatic heterocycles. The van der Waals surface area contributed by atoms with Crippen LogP contribution < -0.4 is 5.32 Å². The molecule has 180 valence electrons. The van der Waals surface area contributed by atoms with Gasteiger partial charge in [0, 0.05) is 42.7 Å². The Balaban J connectivity index is 1.49. The van der Waals surface area contributed by atoms with Gasteiger partial charge in [-0.2, -0.15) is 4.39 Å². The van der Waals surface area contributed by atoms with E-state index in [2.05, 4.69) is 30.2 Å². The molecule has 0 saturated carbocycles. The summed E-state index contributed by atoms with van der Waals surface area (Å²) in [5.41, 5.74) is 2.36. The molecule has 0 radical (unpaired) electrons. The lowest BCUT2D eigenvalue weighted by molar-refractivity contribution is 0.0953. The summed E-state index contributed by atoms with van der Waals surface area (Å²) in [6.45, 7) is 0.470. The number of hydrogen-bond acceptors (Lipinski definition) is 5. The number of hydrogen-bond donors (Lipinski definition) is 2. The van der Waals surface area contributed by atoms with Crippen molar-refractivity contribution in [3.63, 3.8) is 0 Å². The van der Waals surface area contributed by atoms with Crippen LogP contribution in [0.2, 0.25) is 5.02 Å². The van der Waals surface area contributed by atoms with Crippen molar-refractivity contribution in [3.05, 3.63) is 95.3 Å². The van der Waals surface area contributed by atoms with Crippen molar-refractivity contribution in [2.24, 2.45) is 0 Å². The molecule has 10 heteroatoms. The first-order valence-electron chi connectivity index (χ1n) is 11.1. The third-order valence-corrected chi connectivity index (χ3v) is 5.74. The number of nitrogens with one attached hydrogen (secondary N) is 2. The van der Waals surface area contributed by atoms with Crippen LogP contribution in [0.1, 0.15) is 22.6 Å². The van der Waals surface area contributed by atoms with Gasteiger partial charge in [0.1, 0.15) is 17.3 Å². The van der Waals surface area contributed by atoms with E-state index >= 15 is 0 Å². The van der Waals surface area contributed by atoms with E-state index in [-0.39, 0.29) is 22.2 Å². The van der Waals surface area contributed by atoms with Crippen molar-refractivity contribution in [1.29, 1.82) is 0 Å². The van der Waals surface area contributed by atoms with Crippen LogP contribution >= 0.6 is 11.6 Å². The molecule has 7 nitrogen and oxygen atoms in total. The molecule has 1 amide bonds. The van der Waals surface area contributed by atoms with Crippen LogP contribution in [0.3, 0.4) is 0 Å². The van der Waals surface area contributed by atoms with Gasteiger partial charge in [-0.05, 0) is 55.0 Å². The SMILES string of the molecule is O=C(NCCCc1ncc[nH]1)c1ccc2nc(-c3ccc(F)cc3)c(-c3cc(Cl)cnc3F)nc2c1. The van der Waals surface area contributed by atoms with E-state index in [1.807, 2.05) is 0 Å². The van der Waals surface area contributed by atoms with Crippen molar-refractivity contribution >= 4 is 28.5 Å². The molecule has 0 unspecified atom stereocenters. The summed E-state index contributed by atoms with van der Waals surface area (Å²) in [6.07, 6.45) is 6.07. The molecule has 0 aliphatic carbocycles. The number of benzene rings is 2. The molecule has 0 aliphatic rings. The predicted molar refractivity (Wildman–Crippen MR) is 132 cm³/mol. The number of pyridine rings is 1. The number of imidazole rings is 1. The second-order valence-corrected chi connectivity index (χ2v) is 8.45. The Morgan fingerprint density at radius 2 is 1.78 bits per heavy atom. The Kier molecular flexibility index (Phi) is 6.64. The molecule has 0 fully saturated rings. The number of halogens is 3. The molecule has 3 aromatic heterocycles. The Bertz CT molecular complexity index is 1540. The first-order valence-corrected chi connectivity index (χ1v) is 11.5. The fourth-order valence-corrected chi connectivity index (χ4v) is 3.93. The van der Waals surface area contributed by atoms with Crippen LogP contribution in [-0.2, 0) is 6.42 Å². The van der Waals surface area contributed by atoms with Gasteiger partial charge >= 0.3 is 0 Å². The van der Waals surface area contributed by atoms with Crippen molar-refractivity contribution in [3.8, 4) is 22.5 Å². The molecular formula is C26H19ClF2N6O. The van der Waals surface area contributed by atoms with E-state index in [9.17, 15) is 13.6 Å². The maximum absolute atomic E-state index is 14.7. The van der Waals surface area contributed by atoms with Crippen LogP contribution in [-0.4, -0.2) is 37.4 Å². The second-order valence-electron chi connectivity index (χ2n) is 8.02. The minimum absolute atomic E-state index is 0.0454. The predicted octanol–water partition coefficient (Wildman–Crippen LogP) is 5.38. The van der Waals surface area contributed by atoms with Gasteiger partial charge in [0.2, 0.25) is 5.95 Å². The van der Waals surface area contributed by atoms with Crippen LogP contribution in [0.5, 0.6) is 0 Å². The maximum atomic E-state index is 14.7.